The van der Waals surface area contributed by atoms with Crippen molar-refractivity contribution < 1.29 is 9.53 Å². The van der Waals surface area contributed by atoms with Gasteiger partial charge in [-0.2, -0.15) is 5.10 Å². The molecule has 1 fully saturated rings. The first-order chi connectivity index (χ1) is 12.8. The van der Waals surface area contributed by atoms with Gasteiger partial charge in [-0.15, -0.1) is 5.10 Å². The van der Waals surface area contributed by atoms with Gasteiger partial charge in [-0.05, 0) is 40.8 Å². The van der Waals surface area contributed by atoms with Gasteiger partial charge in [-0.25, -0.2) is 9.48 Å². The van der Waals surface area contributed by atoms with Crippen LogP contribution in [-0.4, -0.2) is 67.2 Å². The molecule has 10 nitrogen and oxygen atoms in total. The first-order valence-electron chi connectivity index (χ1n) is 8.26. The fourth-order valence-electron chi connectivity index (χ4n) is 2.81. The molecular weight excluding hydrogens is 336 g/mol. The molecule has 1 unspecified atom stereocenters. The molecule has 3 heterocycles. The van der Waals surface area contributed by atoms with Gasteiger partial charge in [0.05, 0.1) is 24.9 Å². The highest BCUT2D eigenvalue weighted by Gasteiger charge is 2.23. The summed E-state index contributed by atoms with van der Waals surface area (Å²) in [5.41, 5.74) is 1.52. The molecule has 1 aliphatic rings. The molecule has 134 valence electrons. The van der Waals surface area contributed by atoms with E-state index in [2.05, 4.69) is 25.9 Å². The lowest BCUT2D eigenvalue weighted by atomic mass is 10.2. The molecule has 1 aromatic carbocycles. The summed E-state index contributed by atoms with van der Waals surface area (Å²) in [6.07, 6.45) is 5.12. The summed E-state index contributed by atoms with van der Waals surface area (Å²) < 4.78 is 8.99. The van der Waals surface area contributed by atoms with E-state index in [0.29, 0.717) is 32.0 Å². The van der Waals surface area contributed by atoms with Gasteiger partial charge in [0.1, 0.15) is 6.33 Å². The standard InChI is InChI=1S/C16H18N8O2/c25-16(19-13-2-4-14(5-3-13)24-12-17-20-21-24)22-8-9-26-11-15(10-22)23-7-1-6-18-23/h1-7,12,15H,8-11H2,(H,19,25). The summed E-state index contributed by atoms with van der Waals surface area (Å²) in [5.74, 6) is 0. The number of benzene rings is 1. The SMILES string of the molecule is O=C(Nc1ccc(-n2cnnn2)cc1)N1CCOCC(n2cccn2)C1. The Labute approximate surface area is 149 Å². The Hall–Kier alpha value is -3.27. The van der Waals surface area contributed by atoms with Crippen molar-refractivity contribution in [3.05, 3.63) is 49.1 Å². The van der Waals surface area contributed by atoms with Crippen molar-refractivity contribution in [3.8, 4) is 5.69 Å². The van der Waals surface area contributed by atoms with Gasteiger partial charge in [0.25, 0.3) is 0 Å². The number of nitrogens with zero attached hydrogens (tertiary/aromatic N) is 7. The van der Waals surface area contributed by atoms with Gasteiger partial charge < -0.3 is 15.0 Å². The Balaban J connectivity index is 1.42. The summed E-state index contributed by atoms with van der Waals surface area (Å²) >= 11 is 0. The third-order valence-electron chi connectivity index (χ3n) is 4.17. The molecule has 0 saturated carbocycles. The van der Waals surface area contributed by atoms with Crippen LogP contribution in [-0.2, 0) is 4.74 Å². The Morgan fingerprint density at radius 1 is 1.27 bits per heavy atom. The van der Waals surface area contributed by atoms with Crippen molar-refractivity contribution in [2.45, 2.75) is 6.04 Å². The van der Waals surface area contributed by atoms with E-state index in [1.165, 1.54) is 6.33 Å². The van der Waals surface area contributed by atoms with E-state index in [4.69, 9.17) is 4.74 Å². The zero-order valence-electron chi connectivity index (χ0n) is 14.0. The van der Waals surface area contributed by atoms with Crippen LogP contribution in [0.1, 0.15) is 6.04 Å². The molecule has 0 spiro atoms. The van der Waals surface area contributed by atoms with Crippen molar-refractivity contribution in [2.24, 2.45) is 0 Å². The maximum absolute atomic E-state index is 12.6. The van der Waals surface area contributed by atoms with Gasteiger partial charge in [0.2, 0.25) is 0 Å². The van der Waals surface area contributed by atoms with E-state index in [9.17, 15) is 4.79 Å². The molecule has 1 aliphatic heterocycles. The average Bonchev–Trinajstić information content (AvgIpc) is 3.33. The molecule has 2 aromatic heterocycles. The fraction of sp³-hybridized carbons (Fsp3) is 0.312. The van der Waals surface area contributed by atoms with Crippen LogP contribution in [0.5, 0.6) is 0 Å². The quantitative estimate of drug-likeness (QED) is 0.752. The first-order valence-corrected chi connectivity index (χ1v) is 8.26. The molecule has 3 aromatic rings. The lowest BCUT2D eigenvalue weighted by molar-refractivity contribution is 0.121. The first kappa shape index (κ1) is 16.2. The Bertz CT molecular complexity index is 832. The van der Waals surface area contributed by atoms with Gasteiger partial charge >= 0.3 is 6.03 Å². The smallest absolute Gasteiger partial charge is 0.321 e. The average molecular weight is 354 g/mol. The fourth-order valence-corrected chi connectivity index (χ4v) is 2.81. The second-order valence-corrected chi connectivity index (χ2v) is 5.89. The maximum Gasteiger partial charge on any atom is 0.321 e. The van der Waals surface area contributed by atoms with Crippen LogP contribution in [0.4, 0.5) is 10.5 Å². The molecule has 10 heteroatoms. The van der Waals surface area contributed by atoms with E-state index in [1.54, 1.807) is 15.8 Å². The number of amides is 2. The lowest BCUT2D eigenvalue weighted by Gasteiger charge is -2.24. The van der Waals surface area contributed by atoms with Crippen molar-refractivity contribution in [1.29, 1.82) is 0 Å². The van der Waals surface area contributed by atoms with Gasteiger partial charge in [-0.1, -0.05) is 0 Å². The van der Waals surface area contributed by atoms with E-state index < -0.39 is 0 Å². The van der Waals surface area contributed by atoms with Crippen molar-refractivity contribution in [3.63, 3.8) is 0 Å². The number of carbonyl (C=O) groups excluding carboxylic acids is 1. The molecule has 1 saturated heterocycles. The second-order valence-electron chi connectivity index (χ2n) is 5.89. The molecule has 2 amide bonds. The van der Waals surface area contributed by atoms with Crippen LogP contribution in [0.2, 0.25) is 0 Å². The number of ether oxygens (including phenoxy) is 1. The van der Waals surface area contributed by atoms with Crippen molar-refractivity contribution >= 4 is 11.7 Å². The van der Waals surface area contributed by atoms with Gasteiger partial charge in [0, 0.05) is 31.2 Å². The van der Waals surface area contributed by atoms with E-state index in [-0.39, 0.29) is 12.1 Å². The van der Waals surface area contributed by atoms with Crippen molar-refractivity contribution in [1.82, 2.24) is 34.9 Å². The topological polar surface area (TPSA) is 103 Å². The van der Waals surface area contributed by atoms with E-state index in [1.807, 2.05) is 41.2 Å². The van der Waals surface area contributed by atoms with Crippen LogP contribution < -0.4 is 5.32 Å². The molecular formula is C16H18N8O2. The largest absolute Gasteiger partial charge is 0.377 e. The second kappa shape index (κ2) is 7.31. The number of nitrogens with one attached hydrogen (secondary N) is 1. The van der Waals surface area contributed by atoms with Crippen LogP contribution in [0.15, 0.2) is 49.1 Å². The number of hydrogen-bond acceptors (Lipinski definition) is 6. The predicted molar refractivity (Wildman–Crippen MR) is 91.8 cm³/mol. The molecule has 26 heavy (non-hydrogen) atoms. The third kappa shape index (κ3) is 3.54. The van der Waals surface area contributed by atoms with Crippen LogP contribution >= 0.6 is 0 Å². The molecule has 0 aliphatic carbocycles. The van der Waals surface area contributed by atoms with Gasteiger partial charge in [0.15, 0.2) is 0 Å². The van der Waals surface area contributed by atoms with Crippen molar-refractivity contribution in [2.75, 3.05) is 31.6 Å². The lowest BCUT2D eigenvalue weighted by Crippen LogP contribution is -2.39. The summed E-state index contributed by atoms with van der Waals surface area (Å²) in [5, 5.41) is 18.2. The summed E-state index contributed by atoms with van der Waals surface area (Å²) in [6.45, 7) is 2.11. The number of anilines is 1. The van der Waals surface area contributed by atoms with Crippen LogP contribution in [0.25, 0.3) is 5.69 Å². The summed E-state index contributed by atoms with van der Waals surface area (Å²) in [7, 11) is 0. The number of rotatable bonds is 3. The number of tetrazole rings is 1. The molecule has 1 atom stereocenters. The highest BCUT2D eigenvalue weighted by Crippen LogP contribution is 2.16. The molecule has 1 N–H and O–H groups in total. The number of hydrogen-bond donors (Lipinski definition) is 1. The zero-order chi connectivity index (χ0) is 17.8. The number of aromatic nitrogens is 6. The Kier molecular flexibility index (Phi) is 4.56. The minimum atomic E-state index is -0.164. The molecule has 0 bridgehead atoms. The molecule has 4 rings (SSSR count). The highest BCUT2D eigenvalue weighted by atomic mass is 16.5. The van der Waals surface area contributed by atoms with E-state index in [0.717, 1.165) is 5.69 Å². The van der Waals surface area contributed by atoms with Crippen LogP contribution in [0, 0.1) is 0 Å². The number of urea groups is 1. The minimum absolute atomic E-state index is 0.000409. The highest BCUT2D eigenvalue weighted by molar-refractivity contribution is 5.89. The zero-order valence-corrected chi connectivity index (χ0v) is 14.0. The van der Waals surface area contributed by atoms with Gasteiger partial charge in [-0.3, -0.25) is 4.68 Å². The predicted octanol–water partition coefficient (Wildman–Crippen LogP) is 0.964. The number of carbonyl (C=O) groups is 1. The summed E-state index contributed by atoms with van der Waals surface area (Å²) in [6, 6.07) is 9.00. The Morgan fingerprint density at radius 3 is 2.88 bits per heavy atom. The minimum Gasteiger partial charge on any atom is -0.377 e. The monoisotopic (exact) mass is 354 g/mol. The molecule has 0 radical (unpaired) electrons. The van der Waals surface area contributed by atoms with Crippen LogP contribution in [0.3, 0.4) is 0 Å². The Morgan fingerprint density at radius 2 is 2.15 bits per heavy atom. The van der Waals surface area contributed by atoms with E-state index >= 15 is 0 Å². The summed E-state index contributed by atoms with van der Waals surface area (Å²) in [4.78, 5) is 14.4. The normalized spacial score (nSPS) is 17.7. The third-order valence-corrected chi connectivity index (χ3v) is 4.17. The maximum atomic E-state index is 12.6.